The van der Waals surface area contributed by atoms with Crippen molar-refractivity contribution in [3.8, 4) is 0 Å². The SMILES string of the molecule is [O-]N(O)c1cccc(NC2OC(CO)C(O)C2O)c1. The third-order valence-electron chi connectivity index (χ3n) is 2.92. The molecule has 8 heteroatoms. The average molecular weight is 271 g/mol. The Balaban J connectivity index is 2.07. The van der Waals surface area contributed by atoms with Gasteiger partial charge in [-0.1, -0.05) is 6.07 Å². The zero-order chi connectivity index (χ0) is 14.0. The molecular formula is C11H15N2O6-. The normalized spacial score (nSPS) is 30.4. The number of hydrogen-bond acceptors (Lipinski definition) is 8. The van der Waals surface area contributed by atoms with E-state index in [2.05, 4.69) is 5.32 Å². The van der Waals surface area contributed by atoms with E-state index in [0.29, 0.717) is 5.69 Å². The van der Waals surface area contributed by atoms with Crippen LogP contribution in [0.15, 0.2) is 24.3 Å². The Kier molecular flexibility index (Phi) is 4.20. The molecule has 1 fully saturated rings. The lowest BCUT2D eigenvalue weighted by atomic mass is 10.1. The summed E-state index contributed by atoms with van der Waals surface area (Å²) in [7, 11) is 0. The molecule has 2 rings (SSSR count). The second-order valence-corrected chi connectivity index (χ2v) is 4.23. The van der Waals surface area contributed by atoms with Crippen LogP contribution >= 0.6 is 0 Å². The molecule has 19 heavy (non-hydrogen) atoms. The number of nitrogens with one attached hydrogen (secondary N) is 1. The first-order chi connectivity index (χ1) is 9.02. The second-order valence-electron chi connectivity index (χ2n) is 4.23. The van der Waals surface area contributed by atoms with E-state index in [1.165, 1.54) is 18.2 Å². The van der Waals surface area contributed by atoms with E-state index in [1.807, 2.05) is 0 Å². The first-order valence-corrected chi connectivity index (χ1v) is 5.68. The summed E-state index contributed by atoms with van der Waals surface area (Å²) in [4.78, 5) is 0. The summed E-state index contributed by atoms with van der Waals surface area (Å²) < 4.78 is 5.22. The molecule has 4 atom stereocenters. The lowest BCUT2D eigenvalue weighted by Gasteiger charge is -2.23. The Morgan fingerprint density at radius 1 is 1.32 bits per heavy atom. The van der Waals surface area contributed by atoms with Crippen LogP contribution in [0.1, 0.15) is 0 Å². The fourth-order valence-electron chi connectivity index (χ4n) is 1.90. The highest BCUT2D eigenvalue weighted by molar-refractivity contribution is 5.57. The number of rotatable bonds is 4. The minimum atomic E-state index is -1.21. The van der Waals surface area contributed by atoms with Crippen molar-refractivity contribution in [3.05, 3.63) is 29.5 Å². The molecule has 1 aliphatic rings. The van der Waals surface area contributed by atoms with Crippen molar-refractivity contribution >= 4 is 11.4 Å². The maximum atomic E-state index is 10.7. The lowest BCUT2D eigenvalue weighted by molar-refractivity contribution is -0.0153. The van der Waals surface area contributed by atoms with Gasteiger partial charge < -0.3 is 35.8 Å². The van der Waals surface area contributed by atoms with Crippen LogP contribution in [-0.4, -0.2) is 51.7 Å². The van der Waals surface area contributed by atoms with Gasteiger partial charge in [0.1, 0.15) is 18.3 Å². The summed E-state index contributed by atoms with van der Waals surface area (Å²) in [5.41, 5.74) is 0.430. The third-order valence-corrected chi connectivity index (χ3v) is 2.92. The van der Waals surface area contributed by atoms with Gasteiger partial charge in [-0.15, -0.1) is 0 Å². The molecule has 1 saturated heterocycles. The number of aliphatic hydroxyl groups excluding tert-OH is 3. The predicted molar refractivity (Wildman–Crippen MR) is 65.5 cm³/mol. The highest BCUT2D eigenvalue weighted by atomic mass is 16.8. The summed E-state index contributed by atoms with van der Waals surface area (Å²) in [6.07, 6.45) is -4.19. The molecule has 5 N–H and O–H groups in total. The van der Waals surface area contributed by atoms with Gasteiger partial charge in [-0.05, 0) is 18.2 Å². The van der Waals surface area contributed by atoms with E-state index in [0.717, 1.165) is 0 Å². The first kappa shape index (κ1) is 14.0. The van der Waals surface area contributed by atoms with E-state index in [-0.39, 0.29) is 10.9 Å². The van der Waals surface area contributed by atoms with Crippen LogP contribution in [0.4, 0.5) is 11.4 Å². The van der Waals surface area contributed by atoms with E-state index in [4.69, 9.17) is 15.1 Å². The summed E-state index contributed by atoms with van der Waals surface area (Å²) in [5.74, 6) is 0. The Bertz CT molecular complexity index is 429. The fraction of sp³-hybridized carbons (Fsp3) is 0.455. The molecule has 1 aromatic rings. The van der Waals surface area contributed by atoms with Gasteiger partial charge >= 0.3 is 0 Å². The van der Waals surface area contributed by atoms with Crippen LogP contribution in [0, 0.1) is 5.21 Å². The van der Waals surface area contributed by atoms with Crippen LogP contribution in [0.3, 0.4) is 0 Å². The van der Waals surface area contributed by atoms with Gasteiger partial charge in [-0.3, -0.25) is 5.21 Å². The van der Waals surface area contributed by atoms with Crippen molar-refractivity contribution in [1.82, 2.24) is 0 Å². The molecular weight excluding hydrogens is 256 g/mol. The molecule has 0 radical (unpaired) electrons. The monoisotopic (exact) mass is 271 g/mol. The van der Waals surface area contributed by atoms with Gasteiger partial charge in [-0.2, -0.15) is 0 Å². The summed E-state index contributed by atoms with van der Waals surface area (Å²) in [6, 6.07) is 5.87. The molecule has 0 amide bonds. The minimum Gasteiger partial charge on any atom is -0.733 e. The van der Waals surface area contributed by atoms with Crippen molar-refractivity contribution in [2.24, 2.45) is 0 Å². The van der Waals surface area contributed by atoms with E-state index < -0.39 is 31.1 Å². The van der Waals surface area contributed by atoms with Crippen molar-refractivity contribution in [1.29, 1.82) is 0 Å². The summed E-state index contributed by atoms with van der Waals surface area (Å²) >= 11 is 0. The number of ether oxygens (including phenoxy) is 1. The number of benzene rings is 1. The molecule has 8 nitrogen and oxygen atoms in total. The van der Waals surface area contributed by atoms with Gasteiger partial charge in [0.25, 0.3) is 0 Å². The number of aliphatic hydroxyl groups is 3. The minimum absolute atomic E-state index is 0.0109. The van der Waals surface area contributed by atoms with Crippen molar-refractivity contribution < 1.29 is 25.3 Å². The van der Waals surface area contributed by atoms with Gasteiger partial charge in [-0.25, -0.2) is 0 Å². The number of nitrogens with zero attached hydrogens (tertiary/aromatic N) is 1. The molecule has 106 valence electrons. The Morgan fingerprint density at radius 2 is 2.05 bits per heavy atom. The zero-order valence-electron chi connectivity index (χ0n) is 9.88. The molecule has 1 heterocycles. The summed E-state index contributed by atoms with van der Waals surface area (Å²) in [6.45, 7) is -0.415. The first-order valence-electron chi connectivity index (χ1n) is 5.68. The highest BCUT2D eigenvalue weighted by Crippen LogP contribution is 2.24. The molecule has 0 aliphatic carbocycles. The van der Waals surface area contributed by atoms with Gasteiger partial charge in [0, 0.05) is 5.69 Å². The van der Waals surface area contributed by atoms with Crippen LogP contribution in [0.5, 0.6) is 0 Å². The zero-order valence-corrected chi connectivity index (χ0v) is 9.88. The fourth-order valence-corrected chi connectivity index (χ4v) is 1.90. The number of hydrogen-bond donors (Lipinski definition) is 5. The molecule has 0 bridgehead atoms. The molecule has 0 spiro atoms. The Morgan fingerprint density at radius 3 is 2.63 bits per heavy atom. The quantitative estimate of drug-likeness (QED) is 0.452. The van der Waals surface area contributed by atoms with E-state index in [1.54, 1.807) is 6.07 Å². The molecule has 1 aromatic carbocycles. The summed E-state index contributed by atoms with van der Waals surface area (Å²) in [5, 5.41) is 50.2. The van der Waals surface area contributed by atoms with Crippen LogP contribution in [0.25, 0.3) is 0 Å². The standard InChI is InChI=1S/C11H15N2O6/c14-5-8-9(15)10(16)11(19-8)12-6-2-1-3-7(4-6)13(17)18/h1-4,8-12,14-17H,5H2/q-1. The second kappa shape index (κ2) is 5.70. The van der Waals surface area contributed by atoms with Gasteiger partial charge in [0.2, 0.25) is 0 Å². The largest absolute Gasteiger partial charge is 0.733 e. The maximum absolute atomic E-state index is 10.7. The van der Waals surface area contributed by atoms with Crippen LogP contribution in [-0.2, 0) is 4.74 Å². The maximum Gasteiger partial charge on any atom is 0.157 e. The Hall–Kier alpha value is -1.42. The van der Waals surface area contributed by atoms with Crippen molar-refractivity contribution in [2.45, 2.75) is 24.5 Å². The predicted octanol–water partition coefficient (Wildman–Crippen LogP) is -0.769. The van der Waals surface area contributed by atoms with Crippen molar-refractivity contribution in [3.63, 3.8) is 0 Å². The molecule has 4 unspecified atom stereocenters. The average Bonchev–Trinajstić information content (AvgIpc) is 2.67. The van der Waals surface area contributed by atoms with Crippen LogP contribution < -0.4 is 10.5 Å². The van der Waals surface area contributed by atoms with E-state index >= 15 is 0 Å². The van der Waals surface area contributed by atoms with Crippen LogP contribution in [0.2, 0.25) is 0 Å². The smallest absolute Gasteiger partial charge is 0.157 e. The molecule has 1 aliphatic heterocycles. The highest BCUT2D eigenvalue weighted by Gasteiger charge is 2.42. The van der Waals surface area contributed by atoms with Gasteiger partial charge in [0.05, 0.1) is 12.3 Å². The number of anilines is 2. The van der Waals surface area contributed by atoms with Gasteiger partial charge in [0.15, 0.2) is 6.23 Å². The Labute approximate surface area is 109 Å². The van der Waals surface area contributed by atoms with E-state index in [9.17, 15) is 15.4 Å². The topological polar surface area (TPSA) is 128 Å². The lowest BCUT2D eigenvalue weighted by Crippen LogP contribution is -2.36. The third kappa shape index (κ3) is 2.95. The van der Waals surface area contributed by atoms with Crippen molar-refractivity contribution in [2.75, 3.05) is 17.2 Å². The molecule has 0 aromatic heterocycles. The molecule has 0 saturated carbocycles.